The number of hydrogen-bond donors (Lipinski definition) is 0. The Balaban J connectivity index is 4.88. The third-order valence-electron chi connectivity index (χ3n) is 1.73. The van der Waals surface area contributed by atoms with Crippen LogP contribution in [0.4, 0.5) is 0 Å². The Bertz CT molecular complexity index is 276. The van der Waals surface area contributed by atoms with Gasteiger partial charge in [0.15, 0.2) is 0 Å². The Kier molecular flexibility index (Phi) is 4.15. The maximum Gasteiger partial charge on any atom is 0.0231 e. The Morgan fingerprint density at radius 1 is 1.25 bits per heavy atom. The molecular formula is C12H16. The standard InChI is InChI=1S/C12H16/c1-7-12(10(4)5)8-11(6)9(2)3/h1,8H,2H2,3-6H3/b11-8-. The van der Waals surface area contributed by atoms with Crippen molar-refractivity contribution < 1.29 is 0 Å². The van der Waals surface area contributed by atoms with Gasteiger partial charge in [-0.1, -0.05) is 23.6 Å². The van der Waals surface area contributed by atoms with Crippen molar-refractivity contribution in [1.29, 1.82) is 0 Å². The van der Waals surface area contributed by atoms with Gasteiger partial charge in [-0.25, -0.2) is 0 Å². The number of allylic oxidation sites excluding steroid dienone is 5. The smallest absolute Gasteiger partial charge is 0.0231 e. The van der Waals surface area contributed by atoms with Crippen LogP contribution < -0.4 is 0 Å². The van der Waals surface area contributed by atoms with Gasteiger partial charge in [0.1, 0.15) is 0 Å². The van der Waals surface area contributed by atoms with Crippen molar-refractivity contribution in [3.05, 3.63) is 34.9 Å². The van der Waals surface area contributed by atoms with E-state index in [0.29, 0.717) is 0 Å². The van der Waals surface area contributed by atoms with Crippen molar-refractivity contribution in [2.24, 2.45) is 0 Å². The molecule has 12 heavy (non-hydrogen) atoms. The van der Waals surface area contributed by atoms with Crippen LogP contribution in [0.5, 0.6) is 0 Å². The first-order chi connectivity index (χ1) is 5.49. The van der Waals surface area contributed by atoms with Gasteiger partial charge in [0, 0.05) is 5.57 Å². The molecule has 0 amide bonds. The maximum atomic E-state index is 5.34. The van der Waals surface area contributed by atoms with E-state index in [9.17, 15) is 0 Å². The molecule has 0 aromatic carbocycles. The number of rotatable bonds is 2. The molecule has 0 rings (SSSR count). The molecule has 0 fully saturated rings. The summed E-state index contributed by atoms with van der Waals surface area (Å²) in [4.78, 5) is 0. The van der Waals surface area contributed by atoms with E-state index in [1.807, 2.05) is 33.8 Å². The summed E-state index contributed by atoms with van der Waals surface area (Å²) in [5, 5.41) is 0. The predicted molar refractivity (Wildman–Crippen MR) is 55.8 cm³/mol. The van der Waals surface area contributed by atoms with E-state index in [0.717, 1.165) is 22.3 Å². The van der Waals surface area contributed by atoms with Crippen LogP contribution in [0.15, 0.2) is 34.9 Å². The fourth-order valence-electron chi connectivity index (χ4n) is 0.670. The summed E-state index contributed by atoms with van der Waals surface area (Å²) in [7, 11) is 0. The van der Waals surface area contributed by atoms with Gasteiger partial charge >= 0.3 is 0 Å². The van der Waals surface area contributed by atoms with Crippen molar-refractivity contribution >= 4 is 0 Å². The second-order valence-corrected chi connectivity index (χ2v) is 3.17. The zero-order valence-electron chi connectivity index (χ0n) is 8.36. The molecule has 0 aliphatic heterocycles. The molecule has 0 saturated carbocycles. The summed E-state index contributed by atoms with van der Waals surface area (Å²) in [6.45, 7) is 11.9. The topological polar surface area (TPSA) is 0 Å². The molecule has 0 heteroatoms. The predicted octanol–water partition coefficient (Wildman–Crippen LogP) is 3.48. The van der Waals surface area contributed by atoms with Crippen LogP contribution in [0, 0.1) is 12.3 Å². The van der Waals surface area contributed by atoms with Crippen LogP contribution in [0.2, 0.25) is 0 Å². The van der Waals surface area contributed by atoms with Gasteiger partial charge in [-0.05, 0) is 39.3 Å². The van der Waals surface area contributed by atoms with Crippen molar-refractivity contribution in [3.63, 3.8) is 0 Å². The zero-order chi connectivity index (χ0) is 9.72. The lowest BCUT2D eigenvalue weighted by Crippen LogP contribution is -1.82. The summed E-state index contributed by atoms with van der Waals surface area (Å²) in [5.74, 6) is 2.65. The lowest BCUT2D eigenvalue weighted by molar-refractivity contribution is 1.31. The highest BCUT2D eigenvalue weighted by Gasteiger charge is 1.93. The largest absolute Gasteiger partial charge is 0.115 e. The molecule has 0 N–H and O–H groups in total. The SMILES string of the molecule is C#CC(/C=C(/C)C(=C)C)=C(C)C. The minimum atomic E-state index is 0.954. The summed E-state index contributed by atoms with van der Waals surface area (Å²) in [5.41, 5.74) is 4.32. The van der Waals surface area contributed by atoms with Crippen LogP contribution >= 0.6 is 0 Å². The summed E-state index contributed by atoms with van der Waals surface area (Å²) in [6, 6.07) is 0. The van der Waals surface area contributed by atoms with Gasteiger partial charge in [0.05, 0.1) is 0 Å². The molecule has 0 nitrogen and oxygen atoms in total. The number of hydrogen-bond acceptors (Lipinski definition) is 0. The Labute approximate surface area is 75.7 Å². The second-order valence-electron chi connectivity index (χ2n) is 3.17. The lowest BCUT2D eigenvalue weighted by Gasteiger charge is -2.00. The molecule has 0 radical (unpaired) electrons. The third-order valence-corrected chi connectivity index (χ3v) is 1.73. The summed E-state index contributed by atoms with van der Waals surface area (Å²) in [6.07, 6.45) is 7.34. The van der Waals surface area contributed by atoms with Gasteiger partial charge in [-0.15, -0.1) is 6.42 Å². The molecule has 0 aliphatic rings. The van der Waals surface area contributed by atoms with E-state index in [4.69, 9.17) is 6.42 Å². The molecule has 64 valence electrons. The zero-order valence-corrected chi connectivity index (χ0v) is 8.36. The monoisotopic (exact) mass is 160 g/mol. The van der Waals surface area contributed by atoms with E-state index < -0.39 is 0 Å². The van der Waals surface area contributed by atoms with E-state index in [1.54, 1.807) is 0 Å². The van der Waals surface area contributed by atoms with Gasteiger partial charge in [-0.2, -0.15) is 0 Å². The van der Waals surface area contributed by atoms with E-state index in [1.165, 1.54) is 0 Å². The van der Waals surface area contributed by atoms with E-state index >= 15 is 0 Å². The first-order valence-corrected chi connectivity index (χ1v) is 3.97. The van der Waals surface area contributed by atoms with Gasteiger partial charge in [-0.3, -0.25) is 0 Å². The van der Waals surface area contributed by atoms with E-state index in [-0.39, 0.29) is 0 Å². The summed E-state index contributed by atoms with van der Waals surface area (Å²) >= 11 is 0. The van der Waals surface area contributed by atoms with Crippen molar-refractivity contribution in [1.82, 2.24) is 0 Å². The second kappa shape index (κ2) is 4.62. The molecule has 0 aromatic rings. The minimum Gasteiger partial charge on any atom is -0.115 e. The van der Waals surface area contributed by atoms with Crippen molar-refractivity contribution in [3.8, 4) is 12.3 Å². The average molecular weight is 160 g/mol. The minimum absolute atomic E-state index is 0.954. The van der Waals surface area contributed by atoms with Crippen LogP contribution in [0.1, 0.15) is 27.7 Å². The molecule has 0 heterocycles. The fraction of sp³-hybridized carbons (Fsp3) is 0.333. The molecule has 0 aromatic heterocycles. The molecule has 0 spiro atoms. The number of terminal acetylenes is 1. The Morgan fingerprint density at radius 2 is 1.75 bits per heavy atom. The summed E-state index contributed by atoms with van der Waals surface area (Å²) < 4.78 is 0. The normalized spacial score (nSPS) is 10.4. The van der Waals surface area contributed by atoms with Crippen LogP contribution in [0.3, 0.4) is 0 Å². The van der Waals surface area contributed by atoms with Crippen molar-refractivity contribution in [2.75, 3.05) is 0 Å². The highest BCUT2D eigenvalue weighted by molar-refractivity contribution is 5.44. The van der Waals surface area contributed by atoms with Crippen LogP contribution in [-0.4, -0.2) is 0 Å². The fourth-order valence-corrected chi connectivity index (χ4v) is 0.670. The first kappa shape index (κ1) is 10.8. The third kappa shape index (κ3) is 3.25. The highest BCUT2D eigenvalue weighted by Crippen LogP contribution is 2.11. The quantitative estimate of drug-likeness (QED) is 0.428. The molecule has 0 unspecified atom stereocenters. The molecule has 0 saturated heterocycles. The van der Waals surface area contributed by atoms with Crippen molar-refractivity contribution in [2.45, 2.75) is 27.7 Å². The molecule has 0 bridgehead atoms. The van der Waals surface area contributed by atoms with Gasteiger partial charge in [0.2, 0.25) is 0 Å². The van der Waals surface area contributed by atoms with Crippen LogP contribution in [0.25, 0.3) is 0 Å². The van der Waals surface area contributed by atoms with Gasteiger partial charge < -0.3 is 0 Å². The van der Waals surface area contributed by atoms with Crippen LogP contribution in [-0.2, 0) is 0 Å². The average Bonchev–Trinajstić information content (AvgIpc) is 1.98. The van der Waals surface area contributed by atoms with Gasteiger partial charge in [0.25, 0.3) is 0 Å². The highest BCUT2D eigenvalue weighted by atomic mass is 14.0. The molecule has 0 atom stereocenters. The lowest BCUT2D eigenvalue weighted by atomic mass is 10.1. The Morgan fingerprint density at radius 3 is 2.00 bits per heavy atom. The molecular weight excluding hydrogens is 144 g/mol. The van der Waals surface area contributed by atoms with E-state index in [2.05, 4.69) is 12.5 Å². The maximum absolute atomic E-state index is 5.34. The molecule has 0 aliphatic carbocycles. The Hall–Kier alpha value is -1.22. The first-order valence-electron chi connectivity index (χ1n) is 3.97.